The van der Waals surface area contributed by atoms with E-state index in [1.54, 1.807) is 50.5 Å². The molecular weight excluding hydrogens is 414 g/mol. The minimum atomic E-state index is -3.47. The number of nitrogens with zero attached hydrogens (tertiary/aromatic N) is 2. The van der Waals surface area contributed by atoms with Gasteiger partial charge in [-0.3, -0.25) is 4.79 Å². The van der Waals surface area contributed by atoms with E-state index in [1.165, 1.54) is 0 Å². The maximum Gasteiger partial charge on any atom is 0.246 e. The molecular formula is C23H29N3O4S. The van der Waals surface area contributed by atoms with Crippen molar-refractivity contribution in [2.24, 2.45) is 0 Å². The van der Waals surface area contributed by atoms with Crippen molar-refractivity contribution in [3.8, 4) is 5.75 Å². The lowest BCUT2D eigenvalue weighted by molar-refractivity contribution is -0.125. The Morgan fingerprint density at radius 2 is 1.74 bits per heavy atom. The SMILES string of the molecule is CCNS(=O)(=O)c1ccc(/C=C/C(=O)N2CCCN(c3ccc(OC)cc3)CC2)cc1. The molecule has 1 saturated heterocycles. The van der Waals surface area contributed by atoms with E-state index in [-0.39, 0.29) is 10.8 Å². The van der Waals surface area contributed by atoms with Gasteiger partial charge < -0.3 is 14.5 Å². The molecule has 0 spiro atoms. The van der Waals surface area contributed by atoms with Gasteiger partial charge in [-0.1, -0.05) is 19.1 Å². The summed E-state index contributed by atoms with van der Waals surface area (Å²) < 4.78 is 31.7. The third-order valence-electron chi connectivity index (χ3n) is 5.19. The Kier molecular flexibility index (Phi) is 7.70. The Bertz CT molecular complexity index is 1000. The Hall–Kier alpha value is -2.84. The van der Waals surface area contributed by atoms with Gasteiger partial charge in [-0.05, 0) is 54.5 Å². The van der Waals surface area contributed by atoms with Gasteiger partial charge in [0, 0.05) is 44.5 Å². The van der Waals surface area contributed by atoms with Crippen molar-refractivity contribution in [3.63, 3.8) is 0 Å². The second-order valence-corrected chi connectivity index (χ2v) is 9.03. The molecule has 8 heteroatoms. The fourth-order valence-corrected chi connectivity index (χ4v) is 4.53. The van der Waals surface area contributed by atoms with Crippen LogP contribution < -0.4 is 14.4 Å². The van der Waals surface area contributed by atoms with Gasteiger partial charge >= 0.3 is 0 Å². The maximum atomic E-state index is 12.7. The topological polar surface area (TPSA) is 79.0 Å². The van der Waals surface area contributed by atoms with Crippen LogP contribution in [0.5, 0.6) is 5.75 Å². The molecule has 3 rings (SSSR count). The highest BCUT2D eigenvalue weighted by molar-refractivity contribution is 7.89. The van der Waals surface area contributed by atoms with Gasteiger partial charge in [0.25, 0.3) is 0 Å². The number of hydrogen-bond donors (Lipinski definition) is 1. The fourth-order valence-electron chi connectivity index (χ4n) is 3.49. The third kappa shape index (κ3) is 6.08. The van der Waals surface area contributed by atoms with Crippen molar-refractivity contribution in [2.45, 2.75) is 18.2 Å². The molecule has 1 N–H and O–H groups in total. The van der Waals surface area contributed by atoms with Crippen LogP contribution in [0.2, 0.25) is 0 Å². The summed E-state index contributed by atoms with van der Waals surface area (Å²) in [6.45, 7) is 5.08. The highest BCUT2D eigenvalue weighted by Crippen LogP contribution is 2.20. The smallest absolute Gasteiger partial charge is 0.246 e. The molecule has 0 atom stereocenters. The van der Waals surface area contributed by atoms with Crippen LogP contribution >= 0.6 is 0 Å². The van der Waals surface area contributed by atoms with Crippen molar-refractivity contribution in [1.29, 1.82) is 0 Å². The lowest BCUT2D eigenvalue weighted by atomic mass is 10.2. The van der Waals surface area contributed by atoms with Crippen molar-refractivity contribution in [1.82, 2.24) is 9.62 Å². The fraction of sp³-hybridized carbons (Fsp3) is 0.348. The van der Waals surface area contributed by atoms with E-state index in [0.717, 1.165) is 36.5 Å². The number of benzene rings is 2. The van der Waals surface area contributed by atoms with Crippen LogP contribution in [0.3, 0.4) is 0 Å². The molecule has 0 radical (unpaired) electrons. The number of sulfonamides is 1. The normalized spacial score (nSPS) is 15.2. The summed E-state index contributed by atoms with van der Waals surface area (Å²) in [7, 11) is -1.82. The first-order valence-corrected chi connectivity index (χ1v) is 11.9. The number of nitrogens with one attached hydrogen (secondary N) is 1. The number of hydrogen-bond acceptors (Lipinski definition) is 5. The Labute approximate surface area is 184 Å². The highest BCUT2D eigenvalue weighted by Gasteiger charge is 2.18. The van der Waals surface area contributed by atoms with Crippen LogP contribution in [-0.2, 0) is 14.8 Å². The molecule has 2 aromatic rings. The van der Waals surface area contributed by atoms with E-state index in [9.17, 15) is 13.2 Å². The third-order valence-corrected chi connectivity index (χ3v) is 6.75. The van der Waals surface area contributed by atoms with E-state index in [2.05, 4.69) is 9.62 Å². The first-order chi connectivity index (χ1) is 14.9. The average molecular weight is 444 g/mol. The molecule has 1 amide bonds. The predicted molar refractivity (Wildman–Crippen MR) is 123 cm³/mol. The molecule has 0 saturated carbocycles. The van der Waals surface area contributed by atoms with E-state index >= 15 is 0 Å². The van der Waals surface area contributed by atoms with Gasteiger partial charge in [-0.2, -0.15) is 0 Å². The standard InChI is InChI=1S/C23H29N3O4S/c1-3-24-31(28,29)22-12-5-19(6-13-22)7-14-23(27)26-16-4-15-25(17-18-26)20-8-10-21(30-2)11-9-20/h5-14,24H,3-4,15-18H2,1-2H3/b14-7+. The second-order valence-electron chi connectivity index (χ2n) is 7.27. The number of rotatable bonds is 7. The lowest BCUT2D eigenvalue weighted by Gasteiger charge is -2.23. The molecule has 31 heavy (non-hydrogen) atoms. The van der Waals surface area contributed by atoms with Crippen molar-refractivity contribution < 1.29 is 17.9 Å². The zero-order valence-electron chi connectivity index (χ0n) is 18.0. The summed E-state index contributed by atoms with van der Waals surface area (Å²) in [6.07, 6.45) is 4.16. The van der Waals surface area contributed by atoms with Crippen LogP contribution in [0.15, 0.2) is 59.5 Å². The average Bonchev–Trinajstić information content (AvgIpc) is 3.04. The zero-order chi connectivity index (χ0) is 22.3. The van der Waals surface area contributed by atoms with Crippen LogP contribution in [0, 0.1) is 0 Å². The first kappa shape index (κ1) is 22.8. The maximum absolute atomic E-state index is 12.7. The number of methoxy groups -OCH3 is 1. The molecule has 0 unspecified atom stereocenters. The minimum Gasteiger partial charge on any atom is -0.497 e. The lowest BCUT2D eigenvalue weighted by Crippen LogP contribution is -2.34. The molecule has 166 valence electrons. The summed E-state index contributed by atoms with van der Waals surface area (Å²) in [4.78, 5) is 17.0. The van der Waals surface area contributed by atoms with Gasteiger partial charge in [-0.25, -0.2) is 13.1 Å². The molecule has 7 nitrogen and oxygen atoms in total. The minimum absolute atomic E-state index is 0.0408. The van der Waals surface area contributed by atoms with Gasteiger partial charge in [0.1, 0.15) is 5.75 Å². The summed E-state index contributed by atoms with van der Waals surface area (Å²) in [6, 6.07) is 14.4. The van der Waals surface area contributed by atoms with Crippen LogP contribution in [0.1, 0.15) is 18.9 Å². The monoisotopic (exact) mass is 443 g/mol. The van der Waals surface area contributed by atoms with Gasteiger partial charge in [0.05, 0.1) is 12.0 Å². The Morgan fingerprint density at radius 3 is 2.39 bits per heavy atom. The van der Waals surface area contributed by atoms with Crippen molar-refractivity contribution >= 4 is 27.7 Å². The second kappa shape index (κ2) is 10.5. The van der Waals surface area contributed by atoms with Gasteiger partial charge in [-0.15, -0.1) is 0 Å². The number of amides is 1. The Morgan fingerprint density at radius 1 is 1.03 bits per heavy atom. The van der Waals surface area contributed by atoms with Crippen LogP contribution in [0.4, 0.5) is 5.69 Å². The molecule has 0 aromatic heterocycles. The van der Waals surface area contributed by atoms with E-state index in [1.807, 2.05) is 29.2 Å². The van der Waals surface area contributed by atoms with Crippen LogP contribution in [0.25, 0.3) is 6.08 Å². The number of carbonyl (C=O) groups is 1. The van der Waals surface area contributed by atoms with E-state index < -0.39 is 10.0 Å². The summed E-state index contributed by atoms with van der Waals surface area (Å²) in [5.74, 6) is 0.786. The Balaban J connectivity index is 1.58. The highest BCUT2D eigenvalue weighted by atomic mass is 32.2. The van der Waals surface area contributed by atoms with Crippen LogP contribution in [-0.4, -0.2) is 59.1 Å². The number of carbonyl (C=O) groups excluding carboxylic acids is 1. The number of anilines is 1. The molecule has 1 aliphatic rings. The predicted octanol–water partition coefficient (Wildman–Crippen LogP) is 2.75. The largest absolute Gasteiger partial charge is 0.497 e. The number of ether oxygens (including phenoxy) is 1. The van der Waals surface area contributed by atoms with E-state index in [4.69, 9.17) is 4.74 Å². The molecule has 1 heterocycles. The van der Waals surface area contributed by atoms with Gasteiger partial charge in [0.15, 0.2) is 0 Å². The van der Waals surface area contributed by atoms with Crippen molar-refractivity contribution in [2.75, 3.05) is 44.7 Å². The molecule has 2 aromatic carbocycles. The zero-order valence-corrected chi connectivity index (χ0v) is 18.8. The van der Waals surface area contributed by atoms with E-state index in [0.29, 0.717) is 19.6 Å². The van der Waals surface area contributed by atoms with Crippen molar-refractivity contribution in [3.05, 3.63) is 60.2 Å². The van der Waals surface area contributed by atoms with Gasteiger partial charge in [0.2, 0.25) is 15.9 Å². The summed E-state index contributed by atoms with van der Waals surface area (Å²) in [5, 5.41) is 0. The molecule has 0 bridgehead atoms. The summed E-state index contributed by atoms with van der Waals surface area (Å²) in [5.41, 5.74) is 1.90. The molecule has 0 aliphatic carbocycles. The quantitative estimate of drug-likeness (QED) is 0.666. The first-order valence-electron chi connectivity index (χ1n) is 10.4. The molecule has 1 aliphatic heterocycles. The molecule has 1 fully saturated rings. The summed E-state index contributed by atoms with van der Waals surface area (Å²) >= 11 is 0.